The molecule has 0 aliphatic rings. The SMILES string of the molecule is CC(C)C(=O)Nc1ccc(C(=O)NN=Cc2ccc([N+](=O)[O-])cc2)cc1. The van der Waals surface area contributed by atoms with Crippen LogP contribution in [0, 0.1) is 16.0 Å². The van der Waals surface area contributed by atoms with E-state index in [9.17, 15) is 19.7 Å². The minimum Gasteiger partial charge on any atom is -0.326 e. The number of nitro benzene ring substituents is 1. The van der Waals surface area contributed by atoms with Gasteiger partial charge in [0.25, 0.3) is 11.6 Å². The van der Waals surface area contributed by atoms with E-state index in [1.807, 2.05) is 0 Å². The summed E-state index contributed by atoms with van der Waals surface area (Å²) in [7, 11) is 0. The highest BCUT2D eigenvalue weighted by Crippen LogP contribution is 2.12. The number of non-ortho nitro benzene ring substituents is 1. The standard InChI is InChI=1S/C18H18N4O4/c1-12(2)17(23)20-15-7-5-14(6-8-15)18(24)21-19-11-13-3-9-16(10-4-13)22(25)26/h3-12H,1-2H3,(H,20,23)(H,21,24). The van der Waals surface area contributed by atoms with Gasteiger partial charge in [-0.2, -0.15) is 5.10 Å². The molecule has 0 saturated carbocycles. The van der Waals surface area contributed by atoms with E-state index in [-0.39, 0.29) is 17.5 Å². The Morgan fingerprint density at radius 1 is 1.08 bits per heavy atom. The molecular formula is C18H18N4O4. The molecule has 0 fully saturated rings. The van der Waals surface area contributed by atoms with Gasteiger partial charge in [0.05, 0.1) is 11.1 Å². The summed E-state index contributed by atoms with van der Waals surface area (Å²) < 4.78 is 0. The maximum atomic E-state index is 12.0. The lowest BCUT2D eigenvalue weighted by atomic mass is 10.1. The fourth-order valence-electron chi connectivity index (χ4n) is 1.90. The summed E-state index contributed by atoms with van der Waals surface area (Å²) in [6.07, 6.45) is 1.39. The highest BCUT2D eigenvalue weighted by Gasteiger charge is 2.08. The average Bonchev–Trinajstić information content (AvgIpc) is 2.62. The first-order valence-corrected chi connectivity index (χ1v) is 7.85. The normalized spacial score (nSPS) is 10.7. The molecule has 8 heteroatoms. The van der Waals surface area contributed by atoms with E-state index in [1.165, 1.54) is 30.5 Å². The minimum absolute atomic E-state index is 0.0177. The number of anilines is 1. The number of benzene rings is 2. The molecule has 2 aromatic rings. The monoisotopic (exact) mass is 354 g/mol. The fraction of sp³-hybridized carbons (Fsp3) is 0.167. The lowest BCUT2D eigenvalue weighted by Crippen LogP contribution is -2.19. The van der Waals surface area contributed by atoms with Crippen molar-refractivity contribution in [2.45, 2.75) is 13.8 Å². The van der Waals surface area contributed by atoms with Crippen LogP contribution in [-0.4, -0.2) is 23.0 Å². The van der Waals surface area contributed by atoms with Crippen LogP contribution >= 0.6 is 0 Å². The maximum Gasteiger partial charge on any atom is 0.271 e. The molecule has 0 aliphatic carbocycles. The molecule has 0 aromatic heterocycles. The van der Waals surface area contributed by atoms with E-state index in [0.717, 1.165) is 0 Å². The zero-order chi connectivity index (χ0) is 19.1. The van der Waals surface area contributed by atoms with E-state index in [1.54, 1.807) is 38.1 Å². The van der Waals surface area contributed by atoms with Crippen LogP contribution in [-0.2, 0) is 4.79 Å². The quantitative estimate of drug-likeness (QED) is 0.471. The van der Waals surface area contributed by atoms with Crippen molar-refractivity contribution in [3.63, 3.8) is 0 Å². The molecule has 2 rings (SSSR count). The molecule has 26 heavy (non-hydrogen) atoms. The van der Waals surface area contributed by atoms with Gasteiger partial charge in [0.15, 0.2) is 0 Å². The Morgan fingerprint density at radius 3 is 2.23 bits per heavy atom. The van der Waals surface area contributed by atoms with Crippen LogP contribution in [0.2, 0.25) is 0 Å². The Bertz CT molecular complexity index is 827. The third kappa shape index (κ3) is 5.23. The summed E-state index contributed by atoms with van der Waals surface area (Å²) in [6.45, 7) is 3.58. The largest absolute Gasteiger partial charge is 0.326 e. The molecule has 0 unspecified atom stereocenters. The molecule has 0 spiro atoms. The highest BCUT2D eigenvalue weighted by atomic mass is 16.6. The second kappa shape index (κ2) is 8.52. The number of amides is 2. The molecule has 0 radical (unpaired) electrons. The first-order chi connectivity index (χ1) is 12.4. The Morgan fingerprint density at radius 2 is 1.69 bits per heavy atom. The Labute approximate surface area is 150 Å². The molecule has 2 amide bonds. The lowest BCUT2D eigenvalue weighted by molar-refractivity contribution is -0.384. The number of carbonyl (C=O) groups excluding carboxylic acids is 2. The van der Waals surface area contributed by atoms with Crippen LogP contribution in [0.5, 0.6) is 0 Å². The van der Waals surface area contributed by atoms with Gasteiger partial charge in [-0.05, 0) is 42.0 Å². The van der Waals surface area contributed by atoms with Crippen molar-refractivity contribution in [2.24, 2.45) is 11.0 Å². The third-order valence-corrected chi connectivity index (χ3v) is 3.42. The molecule has 0 atom stereocenters. The van der Waals surface area contributed by atoms with Crippen LogP contribution in [0.4, 0.5) is 11.4 Å². The average molecular weight is 354 g/mol. The second-order valence-corrected chi connectivity index (χ2v) is 5.77. The lowest BCUT2D eigenvalue weighted by Gasteiger charge is -2.08. The molecule has 2 N–H and O–H groups in total. The van der Waals surface area contributed by atoms with Gasteiger partial charge < -0.3 is 5.32 Å². The number of hydrazone groups is 1. The molecule has 0 heterocycles. The Hall–Kier alpha value is -3.55. The van der Waals surface area contributed by atoms with E-state index in [2.05, 4.69) is 15.8 Å². The Balaban J connectivity index is 1.93. The van der Waals surface area contributed by atoms with E-state index >= 15 is 0 Å². The zero-order valence-electron chi connectivity index (χ0n) is 14.3. The minimum atomic E-state index is -0.490. The number of hydrogen-bond donors (Lipinski definition) is 2. The van der Waals surface area contributed by atoms with E-state index < -0.39 is 10.8 Å². The topological polar surface area (TPSA) is 114 Å². The first kappa shape index (κ1) is 18.8. The van der Waals surface area contributed by atoms with Crippen molar-refractivity contribution in [3.05, 3.63) is 69.8 Å². The van der Waals surface area contributed by atoms with Gasteiger partial charge in [0, 0.05) is 29.3 Å². The number of carbonyl (C=O) groups is 2. The summed E-state index contributed by atoms with van der Waals surface area (Å²) >= 11 is 0. The predicted octanol–water partition coefficient (Wildman–Crippen LogP) is 2.95. The number of nitrogens with one attached hydrogen (secondary N) is 2. The molecule has 0 aliphatic heterocycles. The van der Waals surface area contributed by atoms with Gasteiger partial charge in [0.2, 0.25) is 5.91 Å². The van der Waals surface area contributed by atoms with Gasteiger partial charge >= 0.3 is 0 Å². The van der Waals surface area contributed by atoms with Crippen LogP contribution in [0.25, 0.3) is 0 Å². The predicted molar refractivity (Wildman–Crippen MR) is 98.1 cm³/mol. The molecule has 8 nitrogen and oxygen atoms in total. The number of nitro groups is 1. The van der Waals surface area contributed by atoms with Crippen LogP contribution < -0.4 is 10.7 Å². The molecular weight excluding hydrogens is 336 g/mol. The van der Waals surface area contributed by atoms with Crippen molar-refractivity contribution in [2.75, 3.05) is 5.32 Å². The number of nitrogens with zero attached hydrogens (tertiary/aromatic N) is 2. The van der Waals surface area contributed by atoms with Gasteiger partial charge in [-0.15, -0.1) is 0 Å². The summed E-state index contributed by atoms with van der Waals surface area (Å²) in [4.78, 5) is 33.7. The maximum absolute atomic E-state index is 12.0. The molecule has 2 aromatic carbocycles. The smallest absolute Gasteiger partial charge is 0.271 e. The number of hydrogen-bond acceptors (Lipinski definition) is 5. The third-order valence-electron chi connectivity index (χ3n) is 3.42. The molecule has 134 valence electrons. The van der Waals surface area contributed by atoms with Gasteiger partial charge in [0.1, 0.15) is 0 Å². The first-order valence-electron chi connectivity index (χ1n) is 7.85. The number of rotatable bonds is 6. The van der Waals surface area contributed by atoms with Crippen LogP contribution in [0.1, 0.15) is 29.8 Å². The van der Waals surface area contributed by atoms with Crippen molar-refractivity contribution in [1.82, 2.24) is 5.43 Å². The second-order valence-electron chi connectivity index (χ2n) is 5.77. The zero-order valence-corrected chi connectivity index (χ0v) is 14.3. The molecule has 0 bridgehead atoms. The van der Waals surface area contributed by atoms with Crippen molar-refractivity contribution in [3.8, 4) is 0 Å². The van der Waals surface area contributed by atoms with Crippen LogP contribution in [0.15, 0.2) is 53.6 Å². The van der Waals surface area contributed by atoms with Crippen molar-refractivity contribution < 1.29 is 14.5 Å². The van der Waals surface area contributed by atoms with E-state index in [0.29, 0.717) is 16.8 Å². The van der Waals surface area contributed by atoms with Gasteiger partial charge in [-0.3, -0.25) is 19.7 Å². The van der Waals surface area contributed by atoms with E-state index in [4.69, 9.17) is 0 Å². The summed E-state index contributed by atoms with van der Waals surface area (Å²) in [5.74, 6) is -0.647. The van der Waals surface area contributed by atoms with Gasteiger partial charge in [-0.1, -0.05) is 13.8 Å². The van der Waals surface area contributed by atoms with Gasteiger partial charge in [-0.25, -0.2) is 5.43 Å². The fourth-order valence-corrected chi connectivity index (χ4v) is 1.90. The summed E-state index contributed by atoms with van der Waals surface area (Å²) in [5.41, 5.74) is 3.96. The van der Waals surface area contributed by atoms with Crippen molar-refractivity contribution in [1.29, 1.82) is 0 Å². The van der Waals surface area contributed by atoms with Crippen LogP contribution in [0.3, 0.4) is 0 Å². The summed E-state index contributed by atoms with van der Waals surface area (Å²) in [5, 5.41) is 17.1. The van der Waals surface area contributed by atoms with Crippen molar-refractivity contribution >= 4 is 29.4 Å². The Kier molecular flexibility index (Phi) is 6.15. The summed E-state index contributed by atoms with van der Waals surface area (Å²) in [6, 6.07) is 12.2. The molecule has 0 saturated heterocycles. The highest BCUT2D eigenvalue weighted by molar-refractivity contribution is 5.96.